The summed E-state index contributed by atoms with van der Waals surface area (Å²) in [7, 11) is -3.64. The summed E-state index contributed by atoms with van der Waals surface area (Å²) in [5, 5.41) is 7.57. The molecule has 0 radical (unpaired) electrons. The largest absolute Gasteiger partial charge is 0.454 e. The van der Waals surface area contributed by atoms with Gasteiger partial charge in [0.2, 0.25) is 15.8 Å². The second-order valence-corrected chi connectivity index (χ2v) is 9.67. The van der Waals surface area contributed by atoms with Crippen LogP contribution < -0.4 is 0 Å². The Morgan fingerprint density at radius 2 is 1.97 bits per heavy atom. The van der Waals surface area contributed by atoms with Gasteiger partial charge in [-0.05, 0) is 42.5 Å². The van der Waals surface area contributed by atoms with Gasteiger partial charge in [-0.3, -0.25) is 0 Å². The number of esters is 1. The lowest BCUT2D eigenvalue weighted by molar-refractivity contribution is 0.0459. The molecule has 1 saturated heterocycles. The van der Waals surface area contributed by atoms with Crippen molar-refractivity contribution in [3.05, 3.63) is 52.5 Å². The van der Waals surface area contributed by atoms with Gasteiger partial charge in [0.1, 0.15) is 0 Å². The quantitative estimate of drug-likeness (QED) is 0.531. The Bertz CT molecular complexity index is 1100. The number of rotatable bonds is 6. The van der Waals surface area contributed by atoms with Gasteiger partial charge in [-0.2, -0.15) is 20.6 Å². The van der Waals surface area contributed by atoms with Gasteiger partial charge < -0.3 is 9.26 Å². The van der Waals surface area contributed by atoms with Gasteiger partial charge in [-0.25, -0.2) is 13.2 Å². The second kappa shape index (κ2) is 9.07. The minimum absolute atomic E-state index is 0.0955. The van der Waals surface area contributed by atoms with E-state index >= 15 is 0 Å². The van der Waals surface area contributed by atoms with Crippen LogP contribution in [0.4, 0.5) is 0 Å². The third kappa shape index (κ3) is 4.61. The predicted molar refractivity (Wildman–Crippen MR) is 110 cm³/mol. The lowest BCUT2D eigenvalue weighted by atomic mass is 10.2. The molecule has 4 rings (SSSR count). The first-order valence-electron chi connectivity index (χ1n) is 9.66. The summed E-state index contributed by atoms with van der Waals surface area (Å²) in [5.41, 5.74) is 0.962. The van der Waals surface area contributed by atoms with E-state index in [9.17, 15) is 13.2 Å². The first kappa shape index (κ1) is 20.7. The highest BCUT2D eigenvalue weighted by Gasteiger charge is 2.26. The molecule has 1 aliphatic rings. The monoisotopic (exact) mass is 447 g/mol. The summed E-state index contributed by atoms with van der Waals surface area (Å²) in [4.78, 5) is 16.7. The van der Waals surface area contributed by atoms with Crippen molar-refractivity contribution in [3.63, 3.8) is 0 Å². The molecular formula is C20H21N3O5S2. The highest BCUT2D eigenvalue weighted by Crippen LogP contribution is 2.22. The van der Waals surface area contributed by atoms with Crippen LogP contribution in [-0.4, -0.2) is 41.9 Å². The Morgan fingerprint density at radius 3 is 2.70 bits per heavy atom. The zero-order valence-corrected chi connectivity index (χ0v) is 17.8. The summed E-state index contributed by atoms with van der Waals surface area (Å²) in [6.45, 7) is 0.832. The summed E-state index contributed by atoms with van der Waals surface area (Å²) in [5.74, 6) is -0.0597. The van der Waals surface area contributed by atoms with Crippen LogP contribution in [0.15, 0.2) is 50.5 Å². The van der Waals surface area contributed by atoms with Crippen LogP contribution in [0.2, 0.25) is 0 Å². The van der Waals surface area contributed by atoms with E-state index in [0.717, 1.165) is 31.2 Å². The molecule has 0 amide bonds. The molecule has 0 aliphatic carbocycles. The molecule has 1 aromatic carbocycles. The molecular weight excluding hydrogens is 426 g/mol. The van der Waals surface area contributed by atoms with Crippen molar-refractivity contribution >= 4 is 27.3 Å². The molecule has 0 bridgehead atoms. The Hall–Kier alpha value is -2.56. The van der Waals surface area contributed by atoms with Gasteiger partial charge in [0, 0.05) is 18.5 Å². The Labute approximate surface area is 178 Å². The number of hydrogen-bond donors (Lipinski definition) is 0. The lowest BCUT2D eigenvalue weighted by Crippen LogP contribution is -2.32. The van der Waals surface area contributed by atoms with Crippen molar-refractivity contribution in [2.75, 3.05) is 13.1 Å². The highest BCUT2D eigenvalue weighted by atomic mass is 32.2. The van der Waals surface area contributed by atoms with E-state index in [-0.39, 0.29) is 22.9 Å². The van der Waals surface area contributed by atoms with E-state index in [0.29, 0.717) is 19.0 Å². The van der Waals surface area contributed by atoms with Crippen LogP contribution in [0, 0.1) is 0 Å². The number of hydrogen-bond acceptors (Lipinski definition) is 8. The average molecular weight is 448 g/mol. The van der Waals surface area contributed by atoms with Gasteiger partial charge in [0.05, 0.1) is 16.0 Å². The van der Waals surface area contributed by atoms with Crippen molar-refractivity contribution < 1.29 is 22.5 Å². The molecule has 10 heteroatoms. The summed E-state index contributed by atoms with van der Waals surface area (Å²) in [6, 6.07) is 7.78. The number of sulfonamides is 1. The van der Waals surface area contributed by atoms with Gasteiger partial charge in [0.15, 0.2) is 6.61 Å². The molecule has 0 atom stereocenters. The number of thiophene rings is 1. The molecule has 0 saturated carbocycles. The van der Waals surface area contributed by atoms with E-state index in [1.54, 1.807) is 6.07 Å². The fourth-order valence-corrected chi connectivity index (χ4v) is 5.44. The molecule has 1 fully saturated rings. The molecule has 3 heterocycles. The minimum Gasteiger partial charge on any atom is -0.454 e. The zero-order chi connectivity index (χ0) is 21.0. The van der Waals surface area contributed by atoms with Crippen molar-refractivity contribution in [3.8, 4) is 11.5 Å². The van der Waals surface area contributed by atoms with Crippen LogP contribution in [0.3, 0.4) is 0 Å². The third-order valence-corrected chi connectivity index (χ3v) is 7.42. The topological polar surface area (TPSA) is 103 Å². The van der Waals surface area contributed by atoms with Crippen LogP contribution in [0.25, 0.3) is 11.5 Å². The lowest BCUT2D eigenvalue weighted by Gasteiger charge is -2.20. The van der Waals surface area contributed by atoms with E-state index in [4.69, 9.17) is 9.26 Å². The first-order valence-corrected chi connectivity index (χ1v) is 12.0. The van der Waals surface area contributed by atoms with E-state index in [1.807, 2.05) is 16.8 Å². The smallest absolute Gasteiger partial charge is 0.338 e. The molecule has 0 N–H and O–H groups in total. The summed E-state index contributed by atoms with van der Waals surface area (Å²) >= 11 is 1.51. The van der Waals surface area contributed by atoms with Gasteiger partial charge in [-0.1, -0.05) is 24.1 Å². The van der Waals surface area contributed by atoms with E-state index in [1.165, 1.54) is 33.8 Å². The summed E-state index contributed by atoms with van der Waals surface area (Å²) in [6.07, 6.45) is 3.75. The molecule has 1 aliphatic heterocycles. The Morgan fingerprint density at radius 1 is 1.17 bits per heavy atom. The first-order chi connectivity index (χ1) is 14.5. The van der Waals surface area contributed by atoms with E-state index in [2.05, 4.69) is 10.1 Å². The zero-order valence-electron chi connectivity index (χ0n) is 16.2. The number of carbonyl (C=O) groups is 1. The summed E-state index contributed by atoms with van der Waals surface area (Å²) < 4.78 is 37.8. The molecule has 30 heavy (non-hydrogen) atoms. The number of aromatic nitrogens is 2. The highest BCUT2D eigenvalue weighted by molar-refractivity contribution is 7.89. The fourth-order valence-electron chi connectivity index (χ4n) is 3.24. The molecule has 2 aromatic heterocycles. The van der Waals surface area contributed by atoms with E-state index < -0.39 is 16.0 Å². The van der Waals surface area contributed by atoms with Gasteiger partial charge in [0.25, 0.3) is 5.89 Å². The van der Waals surface area contributed by atoms with Crippen LogP contribution in [-0.2, 0) is 21.4 Å². The molecule has 0 unspecified atom stereocenters. The minimum atomic E-state index is -3.64. The molecule has 3 aromatic rings. The maximum absolute atomic E-state index is 13.0. The Balaban J connectivity index is 1.43. The van der Waals surface area contributed by atoms with Crippen molar-refractivity contribution in [2.24, 2.45) is 0 Å². The number of benzene rings is 1. The fraction of sp³-hybridized carbons (Fsp3) is 0.350. The second-order valence-electron chi connectivity index (χ2n) is 6.95. The Kier molecular flexibility index (Phi) is 6.26. The van der Waals surface area contributed by atoms with Gasteiger partial charge in [-0.15, -0.1) is 0 Å². The van der Waals surface area contributed by atoms with Crippen molar-refractivity contribution in [1.29, 1.82) is 0 Å². The van der Waals surface area contributed by atoms with Crippen LogP contribution in [0.5, 0.6) is 0 Å². The third-order valence-electron chi connectivity index (χ3n) is 4.84. The van der Waals surface area contributed by atoms with Crippen LogP contribution in [0.1, 0.15) is 41.9 Å². The molecule has 8 nitrogen and oxygen atoms in total. The average Bonchev–Trinajstić information content (AvgIpc) is 3.38. The number of carbonyl (C=O) groups excluding carboxylic acids is 1. The molecule has 158 valence electrons. The predicted octanol–water partition coefficient (Wildman–Crippen LogP) is 3.72. The maximum Gasteiger partial charge on any atom is 0.338 e. The number of ether oxygens (including phenoxy) is 1. The molecule has 0 spiro atoms. The van der Waals surface area contributed by atoms with Crippen molar-refractivity contribution in [1.82, 2.24) is 14.4 Å². The van der Waals surface area contributed by atoms with Crippen molar-refractivity contribution in [2.45, 2.75) is 37.2 Å². The van der Waals surface area contributed by atoms with Crippen LogP contribution >= 0.6 is 11.3 Å². The number of nitrogens with zero attached hydrogens (tertiary/aromatic N) is 3. The standard InChI is InChI=1S/C20H21N3O5S2/c24-20(27-13-18-21-19(28-22-18)16-8-11-29-14-16)15-6-5-7-17(12-15)30(25,26)23-9-3-1-2-4-10-23/h5-8,11-12,14H,1-4,9-10,13H2. The van der Waals surface area contributed by atoms with Gasteiger partial charge >= 0.3 is 5.97 Å². The maximum atomic E-state index is 13.0. The normalized spacial score (nSPS) is 15.6. The SMILES string of the molecule is O=C(OCc1noc(-c2ccsc2)n1)c1cccc(S(=O)(=O)N2CCCCCC2)c1.